The molecular weight excluding hydrogens is 308 g/mol. The van der Waals surface area contributed by atoms with Gasteiger partial charge in [0, 0.05) is 25.2 Å². The smallest absolute Gasteiger partial charge is 0.123 e. The zero-order valence-corrected chi connectivity index (χ0v) is 14.4. The highest BCUT2D eigenvalue weighted by atomic mass is 33.1. The van der Waals surface area contributed by atoms with Crippen molar-refractivity contribution in [2.45, 2.75) is 27.1 Å². The predicted molar refractivity (Wildman–Crippen MR) is 89.1 cm³/mol. The fraction of sp³-hybridized carbons (Fsp3) is 0.643. The lowest BCUT2D eigenvalue weighted by Gasteiger charge is -2.21. The molecule has 0 fully saturated rings. The molecule has 0 aliphatic heterocycles. The van der Waals surface area contributed by atoms with Gasteiger partial charge in [-0.2, -0.15) is 0 Å². The van der Waals surface area contributed by atoms with E-state index in [2.05, 4.69) is 29.4 Å². The lowest BCUT2D eigenvalue weighted by Crippen LogP contribution is -2.25. The molecule has 0 bridgehead atoms. The van der Waals surface area contributed by atoms with Crippen molar-refractivity contribution in [1.82, 2.24) is 9.29 Å². The van der Waals surface area contributed by atoms with Gasteiger partial charge in [-0.3, -0.25) is 4.98 Å². The molecule has 0 aliphatic rings. The van der Waals surface area contributed by atoms with E-state index in [4.69, 9.17) is 14.9 Å². The Morgan fingerprint density at radius 1 is 1.24 bits per heavy atom. The monoisotopic (exact) mass is 332 g/mol. The molecule has 0 amide bonds. The average Bonchev–Trinajstić information content (AvgIpc) is 2.46. The van der Waals surface area contributed by atoms with E-state index >= 15 is 0 Å². The normalized spacial score (nSPS) is 11.4. The van der Waals surface area contributed by atoms with Crippen molar-refractivity contribution in [3.63, 3.8) is 0 Å². The maximum absolute atomic E-state index is 9.15. The number of rotatable bonds is 10. The Labute approximate surface area is 134 Å². The van der Waals surface area contributed by atoms with Gasteiger partial charge in [0.1, 0.15) is 12.4 Å². The first-order chi connectivity index (χ1) is 10.1. The number of hydrogen-bond acceptors (Lipinski definition) is 7. The highest BCUT2D eigenvalue weighted by Crippen LogP contribution is 2.23. The Balaban J connectivity index is 2.53. The maximum atomic E-state index is 9.15. The molecule has 0 aliphatic carbocycles. The maximum Gasteiger partial charge on any atom is 0.123 e. The summed E-state index contributed by atoms with van der Waals surface area (Å²) in [5.41, 5.74) is 1.02. The summed E-state index contributed by atoms with van der Waals surface area (Å²) in [6.45, 7) is 6.44. The van der Waals surface area contributed by atoms with Crippen LogP contribution < -0.4 is 4.74 Å². The predicted octanol–water partition coefficient (Wildman–Crippen LogP) is 2.33. The molecule has 0 spiro atoms. The van der Waals surface area contributed by atoms with Gasteiger partial charge < -0.3 is 14.9 Å². The summed E-state index contributed by atoms with van der Waals surface area (Å²) in [4.78, 5) is 4.08. The first-order valence-corrected chi connectivity index (χ1v) is 9.40. The molecule has 5 nitrogen and oxygen atoms in total. The van der Waals surface area contributed by atoms with Crippen LogP contribution in [0.3, 0.4) is 0 Å². The van der Waals surface area contributed by atoms with E-state index in [0.29, 0.717) is 29.7 Å². The number of aromatic nitrogens is 1. The zero-order valence-electron chi connectivity index (χ0n) is 12.8. The quantitative estimate of drug-likeness (QED) is 0.503. The summed E-state index contributed by atoms with van der Waals surface area (Å²) in [6.07, 6.45) is 2.06. The van der Waals surface area contributed by atoms with E-state index in [9.17, 15) is 0 Å². The van der Waals surface area contributed by atoms with Gasteiger partial charge in [0.2, 0.25) is 0 Å². The molecule has 0 atom stereocenters. The Morgan fingerprint density at radius 3 is 2.33 bits per heavy atom. The number of ether oxygens (including phenoxy) is 1. The fourth-order valence-corrected chi connectivity index (χ4v) is 3.56. The number of aliphatic hydroxyl groups excluding tert-OH is 2. The second-order valence-electron chi connectivity index (χ2n) is 4.97. The summed E-state index contributed by atoms with van der Waals surface area (Å²) in [5.74, 6) is 1.24. The fourth-order valence-electron chi connectivity index (χ4n) is 1.80. The van der Waals surface area contributed by atoms with E-state index in [1.807, 2.05) is 0 Å². The Bertz CT molecular complexity index is 397. The molecule has 21 heavy (non-hydrogen) atoms. The minimum Gasteiger partial charge on any atom is -0.492 e. The lowest BCUT2D eigenvalue weighted by atomic mass is 10.2. The topological polar surface area (TPSA) is 65.8 Å². The molecule has 120 valence electrons. The van der Waals surface area contributed by atoms with Gasteiger partial charge >= 0.3 is 0 Å². The van der Waals surface area contributed by atoms with Crippen LogP contribution in [0.5, 0.6) is 5.75 Å². The molecule has 0 aromatic carbocycles. The van der Waals surface area contributed by atoms with Gasteiger partial charge in [-0.15, -0.1) is 0 Å². The third-order valence-electron chi connectivity index (χ3n) is 2.59. The molecular formula is C14H24N2O3S2. The number of nitrogens with zero attached hydrogens (tertiary/aromatic N) is 2. The van der Waals surface area contributed by atoms with Gasteiger partial charge in [-0.1, -0.05) is 24.6 Å². The highest BCUT2D eigenvalue weighted by Gasteiger charge is 2.09. The molecule has 0 unspecified atom stereocenters. The van der Waals surface area contributed by atoms with Crippen LogP contribution in [0, 0.1) is 5.92 Å². The number of pyridine rings is 1. The van der Waals surface area contributed by atoms with Crippen molar-refractivity contribution in [2.24, 2.45) is 5.92 Å². The highest BCUT2D eigenvalue weighted by molar-refractivity contribution is 8.75. The van der Waals surface area contributed by atoms with Crippen molar-refractivity contribution in [2.75, 3.05) is 26.0 Å². The average molecular weight is 332 g/mol. The summed E-state index contributed by atoms with van der Waals surface area (Å²) in [6, 6.07) is 3.40. The molecule has 1 rings (SSSR count). The van der Waals surface area contributed by atoms with Gasteiger partial charge in [-0.05, 0) is 23.2 Å². The number of aliphatic hydroxyl groups is 2. The molecule has 0 radical (unpaired) electrons. The second-order valence-corrected chi connectivity index (χ2v) is 7.42. The van der Waals surface area contributed by atoms with Crippen LogP contribution in [0.4, 0.5) is 0 Å². The van der Waals surface area contributed by atoms with Crippen LogP contribution >= 0.6 is 21.8 Å². The molecule has 2 N–H and O–H groups in total. The van der Waals surface area contributed by atoms with Gasteiger partial charge in [0.25, 0.3) is 0 Å². The zero-order chi connectivity index (χ0) is 15.7. The van der Waals surface area contributed by atoms with Crippen LogP contribution in [0.25, 0.3) is 0 Å². The number of hydrogen-bond donors (Lipinski definition) is 2. The third kappa shape index (κ3) is 7.37. The first kappa shape index (κ1) is 18.6. The minimum atomic E-state index is -0.161. The van der Waals surface area contributed by atoms with Crippen LogP contribution in [0.1, 0.15) is 25.2 Å². The van der Waals surface area contributed by atoms with Crippen LogP contribution in [0.15, 0.2) is 12.1 Å². The molecule has 0 saturated carbocycles. The van der Waals surface area contributed by atoms with E-state index < -0.39 is 0 Å². The molecule has 1 aromatic rings. The standard InChI is InChI=1S/C14H24N2O3S2/c1-11(2)8-16(21-20-3)4-5-19-14-6-12(9-17)15-13(7-14)10-18/h6-7,11,17-18H,4-5,8-10H2,1-3H3. The van der Waals surface area contributed by atoms with Crippen LogP contribution in [-0.4, -0.2) is 45.5 Å². The first-order valence-electron chi connectivity index (χ1n) is 6.89. The van der Waals surface area contributed by atoms with Crippen molar-refractivity contribution >= 4 is 21.8 Å². The van der Waals surface area contributed by atoms with Crippen molar-refractivity contribution in [3.05, 3.63) is 23.5 Å². The summed E-state index contributed by atoms with van der Waals surface area (Å²) < 4.78 is 8.00. The van der Waals surface area contributed by atoms with E-state index in [1.54, 1.807) is 33.9 Å². The van der Waals surface area contributed by atoms with Gasteiger partial charge in [0.15, 0.2) is 0 Å². The van der Waals surface area contributed by atoms with Crippen molar-refractivity contribution < 1.29 is 14.9 Å². The Kier molecular flexibility index (Phi) is 9.10. The van der Waals surface area contributed by atoms with Gasteiger partial charge in [0.05, 0.1) is 24.6 Å². The van der Waals surface area contributed by atoms with E-state index in [0.717, 1.165) is 13.1 Å². The van der Waals surface area contributed by atoms with Crippen LogP contribution in [0.2, 0.25) is 0 Å². The third-order valence-corrected chi connectivity index (χ3v) is 4.36. The molecule has 7 heteroatoms. The summed E-state index contributed by atoms with van der Waals surface area (Å²) >= 11 is 0. The van der Waals surface area contributed by atoms with Crippen molar-refractivity contribution in [3.8, 4) is 5.75 Å². The Hall–Kier alpha value is -0.470. The summed E-state index contributed by atoms with van der Waals surface area (Å²) in [5, 5.41) is 18.3. The molecule has 1 heterocycles. The van der Waals surface area contributed by atoms with Gasteiger partial charge in [-0.25, -0.2) is 4.31 Å². The largest absolute Gasteiger partial charge is 0.492 e. The lowest BCUT2D eigenvalue weighted by molar-refractivity contribution is 0.255. The minimum absolute atomic E-state index is 0.161. The SMILES string of the molecule is CSSN(CCOc1cc(CO)nc(CO)c1)CC(C)C. The van der Waals surface area contributed by atoms with E-state index in [1.165, 1.54) is 0 Å². The van der Waals surface area contributed by atoms with E-state index in [-0.39, 0.29) is 13.2 Å². The van der Waals surface area contributed by atoms with Crippen molar-refractivity contribution in [1.29, 1.82) is 0 Å². The molecule has 1 aromatic heterocycles. The van der Waals surface area contributed by atoms with Crippen LogP contribution in [-0.2, 0) is 13.2 Å². The summed E-state index contributed by atoms with van der Waals surface area (Å²) in [7, 11) is 3.45. The second kappa shape index (κ2) is 10.3. The Morgan fingerprint density at radius 2 is 1.86 bits per heavy atom. The molecule has 0 saturated heterocycles.